The summed E-state index contributed by atoms with van der Waals surface area (Å²) in [4.78, 5) is 0. The van der Waals surface area contributed by atoms with Crippen molar-refractivity contribution in [2.45, 2.75) is 37.0 Å². The van der Waals surface area contributed by atoms with E-state index in [1.54, 1.807) is 0 Å². The molecule has 15 heavy (non-hydrogen) atoms. The average molecular weight is 221 g/mol. The molecule has 0 bridgehead atoms. The van der Waals surface area contributed by atoms with Gasteiger partial charge in [-0.15, -0.1) is 0 Å². The molecule has 1 fully saturated rings. The fraction of sp³-hybridized carbons (Fsp3) is 0.538. The molecule has 82 valence electrons. The van der Waals surface area contributed by atoms with Gasteiger partial charge in [0.2, 0.25) is 0 Å². The maximum absolute atomic E-state index is 5.69. The third kappa shape index (κ3) is 1.93. The molecule has 1 nitrogen and oxygen atoms in total. The molecule has 1 aliphatic carbocycles. The number of nitrogens with two attached hydrogens (primary N) is 1. The first kappa shape index (κ1) is 11.0. The van der Waals surface area contributed by atoms with Gasteiger partial charge in [-0.1, -0.05) is 31.2 Å². The average Bonchev–Trinajstić information content (AvgIpc) is 3.09. The van der Waals surface area contributed by atoms with E-state index in [0.29, 0.717) is 17.2 Å². The molecule has 1 saturated carbocycles. The summed E-state index contributed by atoms with van der Waals surface area (Å²) < 4.78 is 0. The molecular formula is C13H19NS. The van der Waals surface area contributed by atoms with Crippen molar-refractivity contribution in [1.29, 1.82) is 0 Å². The standard InChI is InChI=1S/C13H19NS/c1-10(15-2)13(6-7-13)12-5-3-4-11(8-12)9-14/h3-5,8,10H,6-7,9,14H2,1-2H3. The Morgan fingerprint density at radius 3 is 2.73 bits per heavy atom. The minimum Gasteiger partial charge on any atom is -0.326 e. The predicted octanol–water partition coefficient (Wildman–Crippen LogP) is 2.93. The molecule has 0 heterocycles. The second-order valence-corrected chi connectivity index (χ2v) is 5.62. The van der Waals surface area contributed by atoms with Crippen LogP contribution in [0.3, 0.4) is 0 Å². The van der Waals surface area contributed by atoms with E-state index < -0.39 is 0 Å². The van der Waals surface area contributed by atoms with E-state index in [1.165, 1.54) is 24.0 Å². The van der Waals surface area contributed by atoms with Crippen LogP contribution < -0.4 is 5.73 Å². The van der Waals surface area contributed by atoms with Crippen LogP contribution in [0.2, 0.25) is 0 Å². The number of hydrogen-bond acceptors (Lipinski definition) is 2. The Bertz CT molecular complexity index is 344. The third-order valence-corrected chi connectivity index (χ3v) is 4.82. The predicted molar refractivity (Wildman–Crippen MR) is 68.2 cm³/mol. The molecule has 0 aliphatic heterocycles. The number of rotatable bonds is 4. The van der Waals surface area contributed by atoms with E-state index in [9.17, 15) is 0 Å². The molecule has 0 aromatic heterocycles. The zero-order chi connectivity index (χ0) is 10.9. The fourth-order valence-electron chi connectivity index (χ4n) is 2.30. The molecule has 1 atom stereocenters. The third-order valence-electron chi connectivity index (χ3n) is 3.66. The summed E-state index contributed by atoms with van der Waals surface area (Å²) in [5, 5.41) is 0.713. The Balaban J connectivity index is 2.29. The lowest BCUT2D eigenvalue weighted by molar-refractivity contribution is 0.681. The van der Waals surface area contributed by atoms with Gasteiger partial charge in [-0.3, -0.25) is 0 Å². The zero-order valence-corrected chi connectivity index (χ0v) is 10.3. The Kier molecular flexibility index (Phi) is 3.08. The van der Waals surface area contributed by atoms with Gasteiger partial charge in [-0.25, -0.2) is 0 Å². The molecule has 2 N–H and O–H groups in total. The van der Waals surface area contributed by atoms with Crippen LogP contribution in [0.25, 0.3) is 0 Å². The minimum atomic E-state index is 0.449. The van der Waals surface area contributed by atoms with Gasteiger partial charge < -0.3 is 5.73 Å². The highest BCUT2D eigenvalue weighted by Crippen LogP contribution is 2.54. The summed E-state index contributed by atoms with van der Waals surface area (Å²) in [5.74, 6) is 0. The van der Waals surface area contributed by atoms with Crippen molar-refractivity contribution in [3.05, 3.63) is 35.4 Å². The first-order valence-electron chi connectivity index (χ1n) is 5.55. The molecule has 1 aromatic rings. The Morgan fingerprint density at radius 2 is 2.20 bits per heavy atom. The van der Waals surface area contributed by atoms with Crippen LogP contribution in [-0.2, 0) is 12.0 Å². The lowest BCUT2D eigenvalue weighted by Crippen LogP contribution is -2.20. The van der Waals surface area contributed by atoms with Gasteiger partial charge in [-0.2, -0.15) is 11.8 Å². The van der Waals surface area contributed by atoms with Gasteiger partial charge in [-0.05, 0) is 30.2 Å². The molecule has 2 rings (SSSR count). The molecule has 0 spiro atoms. The van der Waals surface area contributed by atoms with E-state index in [-0.39, 0.29) is 0 Å². The summed E-state index contributed by atoms with van der Waals surface area (Å²) >= 11 is 1.97. The van der Waals surface area contributed by atoms with E-state index in [1.807, 2.05) is 11.8 Å². The first-order valence-corrected chi connectivity index (χ1v) is 6.84. The van der Waals surface area contributed by atoms with Crippen LogP contribution in [0.1, 0.15) is 30.9 Å². The molecule has 1 unspecified atom stereocenters. The highest BCUT2D eigenvalue weighted by Gasteiger charge is 2.48. The molecule has 1 aliphatic rings. The van der Waals surface area contributed by atoms with Crippen LogP contribution in [0.15, 0.2) is 24.3 Å². The number of benzene rings is 1. The normalized spacial score (nSPS) is 19.9. The molecule has 0 saturated heterocycles. The van der Waals surface area contributed by atoms with Crippen molar-refractivity contribution in [2.75, 3.05) is 6.26 Å². The van der Waals surface area contributed by atoms with Crippen LogP contribution in [-0.4, -0.2) is 11.5 Å². The largest absolute Gasteiger partial charge is 0.326 e. The lowest BCUT2D eigenvalue weighted by atomic mass is 9.91. The molecular weight excluding hydrogens is 202 g/mol. The van der Waals surface area contributed by atoms with Gasteiger partial charge in [0.1, 0.15) is 0 Å². The highest BCUT2D eigenvalue weighted by molar-refractivity contribution is 7.99. The molecule has 2 heteroatoms. The number of hydrogen-bond donors (Lipinski definition) is 1. The second-order valence-electron chi connectivity index (χ2n) is 4.44. The lowest BCUT2D eigenvalue weighted by Gasteiger charge is -2.22. The fourth-order valence-corrected chi connectivity index (χ4v) is 3.12. The van der Waals surface area contributed by atoms with Gasteiger partial charge in [0.25, 0.3) is 0 Å². The Morgan fingerprint density at radius 1 is 1.47 bits per heavy atom. The summed E-state index contributed by atoms with van der Waals surface area (Å²) in [6.07, 6.45) is 4.88. The van der Waals surface area contributed by atoms with Gasteiger partial charge >= 0.3 is 0 Å². The van der Waals surface area contributed by atoms with Crippen molar-refractivity contribution in [1.82, 2.24) is 0 Å². The van der Waals surface area contributed by atoms with Gasteiger partial charge in [0.15, 0.2) is 0 Å². The second kappa shape index (κ2) is 4.18. The Hall–Kier alpha value is -0.470. The summed E-state index contributed by atoms with van der Waals surface area (Å²) in [7, 11) is 0. The van der Waals surface area contributed by atoms with Crippen LogP contribution in [0.4, 0.5) is 0 Å². The van der Waals surface area contributed by atoms with Crippen LogP contribution >= 0.6 is 11.8 Å². The quantitative estimate of drug-likeness (QED) is 0.846. The maximum atomic E-state index is 5.69. The smallest absolute Gasteiger partial charge is 0.0178 e. The molecule has 0 radical (unpaired) electrons. The first-order chi connectivity index (χ1) is 7.23. The zero-order valence-electron chi connectivity index (χ0n) is 9.49. The van der Waals surface area contributed by atoms with Crippen molar-refractivity contribution >= 4 is 11.8 Å². The minimum absolute atomic E-state index is 0.449. The summed E-state index contributed by atoms with van der Waals surface area (Å²) in [5.41, 5.74) is 8.88. The van der Waals surface area contributed by atoms with Gasteiger partial charge in [0.05, 0.1) is 0 Å². The van der Waals surface area contributed by atoms with Crippen LogP contribution in [0, 0.1) is 0 Å². The molecule has 1 aromatic carbocycles. The van der Waals surface area contributed by atoms with E-state index in [0.717, 1.165) is 0 Å². The van der Waals surface area contributed by atoms with E-state index in [2.05, 4.69) is 37.4 Å². The van der Waals surface area contributed by atoms with E-state index in [4.69, 9.17) is 5.73 Å². The number of thioether (sulfide) groups is 1. The SMILES string of the molecule is CSC(C)C1(c2cccc(CN)c2)CC1. The topological polar surface area (TPSA) is 26.0 Å². The van der Waals surface area contributed by atoms with E-state index >= 15 is 0 Å². The maximum Gasteiger partial charge on any atom is 0.0178 e. The van der Waals surface area contributed by atoms with Crippen molar-refractivity contribution < 1.29 is 0 Å². The summed E-state index contributed by atoms with van der Waals surface area (Å²) in [6.45, 7) is 2.99. The highest BCUT2D eigenvalue weighted by atomic mass is 32.2. The van der Waals surface area contributed by atoms with Crippen molar-refractivity contribution in [3.63, 3.8) is 0 Å². The summed E-state index contributed by atoms with van der Waals surface area (Å²) in [6, 6.07) is 8.81. The Labute approximate surface area is 96.4 Å². The van der Waals surface area contributed by atoms with Crippen LogP contribution in [0.5, 0.6) is 0 Å². The van der Waals surface area contributed by atoms with Crippen molar-refractivity contribution in [2.24, 2.45) is 5.73 Å². The molecule has 0 amide bonds. The monoisotopic (exact) mass is 221 g/mol. The van der Waals surface area contributed by atoms with Gasteiger partial charge in [0, 0.05) is 17.2 Å². The van der Waals surface area contributed by atoms with Crippen molar-refractivity contribution in [3.8, 4) is 0 Å².